The molecule has 0 spiro atoms. The quantitative estimate of drug-likeness (QED) is 0.858. The van der Waals surface area contributed by atoms with Crippen molar-refractivity contribution in [3.63, 3.8) is 0 Å². The Bertz CT molecular complexity index is 458. The Morgan fingerprint density at radius 1 is 1.50 bits per heavy atom. The summed E-state index contributed by atoms with van der Waals surface area (Å²) in [6.45, 7) is 6.60. The highest BCUT2D eigenvalue weighted by molar-refractivity contribution is 5.87. The first-order valence-electron chi connectivity index (χ1n) is 7.68. The number of hydrogen-bond acceptors (Lipinski definition) is 2. The van der Waals surface area contributed by atoms with Crippen molar-refractivity contribution in [2.24, 2.45) is 5.92 Å². The lowest BCUT2D eigenvalue weighted by Crippen LogP contribution is -2.34. The topological polar surface area (TPSA) is 40.5 Å². The lowest BCUT2D eigenvalue weighted by molar-refractivity contribution is 0.0696. The van der Waals surface area contributed by atoms with Gasteiger partial charge in [-0.1, -0.05) is 32.4 Å². The maximum atomic E-state index is 11.0. The van der Waals surface area contributed by atoms with E-state index < -0.39 is 5.97 Å². The highest BCUT2D eigenvalue weighted by Gasteiger charge is 2.28. The van der Waals surface area contributed by atoms with E-state index in [2.05, 4.69) is 18.7 Å². The molecule has 0 amide bonds. The molecule has 1 heterocycles. The number of carboxylic acid groups (broad SMARTS) is 1. The molecule has 0 saturated carbocycles. The molecular weight excluding hydrogens is 250 g/mol. The SMILES string of the molecule is CCCC(C)C1CCCN1Cc1cccc(C(=O)O)c1. The zero-order valence-corrected chi connectivity index (χ0v) is 12.5. The van der Waals surface area contributed by atoms with E-state index in [4.69, 9.17) is 5.11 Å². The van der Waals surface area contributed by atoms with E-state index in [9.17, 15) is 4.79 Å². The molecule has 1 aliphatic rings. The van der Waals surface area contributed by atoms with E-state index in [-0.39, 0.29) is 0 Å². The van der Waals surface area contributed by atoms with Gasteiger partial charge in [0.1, 0.15) is 0 Å². The molecule has 3 nitrogen and oxygen atoms in total. The van der Waals surface area contributed by atoms with Crippen LogP contribution in [0.25, 0.3) is 0 Å². The molecule has 1 N–H and O–H groups in total. The Hall–Kier alpha value is -1.35. The van der Waals surface area contributed by atoms with Gasteiger partial charge in [-0.05, 0) is 49.4 Å². The van der Waals surface area contributed by atoms with E-state index in [1.165, 1.54) is 25.7 Å². The van der Waals surface area contributed by atoms with E-state index in [1.807, 2.05) is 18.2 Å². The van der Waals surface area contributed by atoms with Crippen molar-refractivity contribution in [2.75, 3.05) is 6.54 Å². The monoisotopic (exact) mass is 275 g/mol. The minimum Gasteiger partial charge on any atom is -0.478 e. The van der Waals surface area contributed by atoms with Crippen molar-refractivity contribution >= 4 is 5.97 Å². The van der Waals surface area contributed by atoms with Crippen molar-refractivity contribution in [1.29, 1.82) is 0 Å². The molecule has 20 heavy (non-hydrogen) atoms. The van der Waals surface area contributed by atoms with Gasteiger partial charge in [0, 0.05) is 12.6 Å². The largest absolute Gasteiger partial charge is 0.478 e. The van der Waals surface area contributed by atoms with E-state index in [1.54, 1.807) is 6.07 Å². The van der Waals surface area contributed by atoms with Gasteiger partial charge in [0.2, 0.25) is 0 Å². The second-order valence-electron chi connectivity index (χ2n) is 5.95. The Balaban J connectivity index is 2.04. The number of carboxylic acids is 1. The van der Waals surface area contributed by atoms with Gasteiger partial charge in [-0.15, -0.1) is 0 Å². The minimum atomic E-state index is -0.843. The molecule has 2 rings (SSSR count). The summed E-state index contributed by atoms with van der Waals surface area (Å²) >= 11 is 0. The smallest absolute Gasteiger partial charge is 0.335 e. The third-order valence-corrected chi connectivity index (χ3v) is 4.37. The van der Waals surface area contributed by atoms with Gasteiger partial charge in [0.15, 0.2) is 0 Å². The fraction of sp³-hybridized carbons (Fsp3) is 0.588. The Kier molecular flexibility index (Phi) is 5.18. The first kappa shape index (κ1) is 15.0. The second kappa shape index (κ2) is 6.89. The van der Waals surface area contributed by atoms with E-state index in [0.717, 1.165) is 24.6 Å². The number of nitrogens with zero attached hydrogens (tertiary/aromatic N) is 1. The summed E-state index contributed by atoms with van der Waals surface area (Å²) in [6.07, 6.45) is 5.05. The number of benzene rings is 1. The van der Waals surface area contributed by atoms with Crippen LogP contribution in [0.1, 0.15) is 55.5 Å². The van der Waals surface area contributed by atoms with E-state index in [0.29, 0.717) is 11.6 Å². The van der Waals surface area contributed by atoms with Gasteiger partial charge >= 0.3 is 5.97 Å². The second-order valence-corrected chi connectivity index (χ2v) is 5.95. The minimum absolute atomic E-state index is 0.389. The van der Waals surface area contributed by atoms with Gasteiger partial charge < -0.3 is 5.11 Å². The summed E-state index contributed by atoms with van der Waals surface area (Å²) in [4.78, 5) is 13.6. The fourth-order valence-corrected chi connectivity index (χ4v) is 3.38. The molecule has 0 bridgehead atoms. The highest BCUT2D eigenvalue weighted by atomic mass is 16.4. The van der Waals surface area contributed by atoms with Crippen LogP contribution in [0.3, 0.4) is 0 Å². The average Bonchev–Trinajstić information content (AvgIpc) is 2.87. The van der Waals surface area contributed by atoms with Gasteiger partial charge in [-0.2, -0.15) is 0 Å². The predicted molar refractivity (Wildman–Crippen MR) is 80.9 cm³/mol. The Morgan fingerprint density at radius 2 is 2.30 bits per heavy atom. The maximum Gasteiger partial charge on any atom is 0.335 e. The lowest BCUT2D eigenvalue weighted by Gasteiger charge is -2.29. The van der Waals surface area contributed by atoms with Crippen molar-refractivity contribution in [3.8, 4) is 0 Å². The third-order valence-electron chi connectivity index (χ3n) is 4.37. The standard InChI is InChI=1S/C17H25NO2/c1-3-6-13(2)16-9-5-10-18(16)12-14-7-4-8-15(11-14)17(19)20/h4,7-8,11,13,16H,3,5-6,9-10,12H2,1-2H3,(H,19,20). The van der Waals surface area contributed by atoms with Gasteiger partial charge in [-0.3, -0.25) is 4.90 Å². The summed E-state index contributed by atoms with van der Waals surface area (Å²) in [5.41, 5.74) is 1.50. The predicted octanol–water partition coefficient (Wildman–Crippen LogP) is 3.79. The average molecular weight is 275 g/mol. The fourth-order valence-electron chi connectivity index (χ4n) is 3.38. The summed E-state index contributed by atoms with van der Waals surface area (Å²) in [6, 6.07) is 8.00. The van der Waals surface area contributed by atoms with Crippen LogP contribution in [0.5, 0.6) is 0 Å². The number of rotatable bonds is 6. The summed E-state index contributed by atoms with van der Waals surface area (Å²) in [5, 5.41) is 9.07. The number of likely N-dealkylation sites (tertiary alicyclic amines) is 1. The molecule has 0 aliphatic carbocycles. The van der Waals surface area contributed by atoms with Crippen LogP contribution in [0, 0.1) is 5.92 Å². The zero-order chi connectivity index (χ0) is 14.5. The maximum absolute atomic E-state index is 11.0. The first-order valence-corrected chi connectivity index (χ1v) is 7.68. The third kappa shape index (κ3) is 3.60. The van der Waals surface area contributed by atoms with Crippen LogP contribution < -0.4 is 0 Å². The van der Waals surface area contributed by atoms with Crippen molar-refractivity contribution < 1.29 is 9.90 Å². The molecule has 0 aromatic heterocycles. The van der Waals surface area contributed by atoms with E-state index >= 15 is 0 Å². The molecular formula is C17H25NO2. The molecule has 110 valence electrons. The van der Waals surface area contributed by atoms with Crippen LogP contribution in [-0.4, -0.2) is 28.6 Å². The van der Waals surface area contributed by atoms with Crippen LogP contribution in [0.15, 0.2) is 24.3 Å². The number of carbonyl (C=O) groups is 1. The molecule has 2 atom stereocenters. The normalized spacial score (nSPS) is 21.0. The molecule has 3 heteroatoms. The first-order chi connectivity index (χ1) is 9.61. The molecule has 1 fully saturated rings. The number of aromatic carboxylic acids is 1. The Labute approximate surface area is 121 Å². The molecule has 1 saturated heterocycles. The summed E-state index contributed by atoms with van der Waals surface area (Å²) in [5.74, 6) is -0.116. The molecule has 2 unspecified atom stereocenters. The molecule has 1 aromatic carbocycles. The van der Waals surface area contributed by atoms with Gasteiger partial charge in [0.25, 0.3) is 0 Å². The van der Waals surface area contributed by atoms with Crippen LogP contribution in [0.4, 0.5) is 0 Å². The van der Waals surface area contributed by atoms with Crippen LogP contribution >= 0.6 is 0 Å². The van der Waals surface area contributed by atoms with Gasteiger partial charge in [-0.25, -0.2) is 4.79 Å². The Morgan fingerprint density at radius 3 is 3.00 bits per heavy atom. The number of hydrogen-bond donors (Lipinski definition) is 1. The van der Waals surface area contributed by atoms with Crippen molar-refractivity contribution in [3.05, 3.63) is 35.4 Å². The van der Waals surface area contributed by atoms with Crippen molar-refractivity contribution in [2.45, 2.75) is 52.1 Å². The zero-order valence-electron chi connectivity index (χ0n) is 12.5. The van der Waals surface area contributed by atoms with Crippen LogP contribution in [0.2, 0.25) is 0 Å². The summed E-state index contributed by atoms with van der Waals surface area (Å²) < 4.78 is 0. The molecule has 0 radical (unpaired) electrons. The van der Waals surface area contributed by atoms with Crippen LogP contribution in [-0.2, 0) is 6.54 Å². The molecule has 1 aliphatic heterocycles. The summed E-state index contributed by atoms with van der Waals surface area (Å²) in [7, 11) is 0. The van der Waals surface area contributed by atoms with Gasteiger partial charge in [0.05, 0.1) is 5.56 Å². The molecule has 1 aromatic rings. The highest BCUT2D eigenvalue weighted by Crippen LogP contribution is 2.28. The lowest BCUT2D eigenvalue weighted by atomic mass is 9.94. The van der Waals surface area contributed by atoms with Crippen molar-refractivity contribution in [1.82, 2.24) is 4.90 Å².